The van der Waals surface area contributed by atoms with Gasteiger partial charge in [0.1, 0.15) is 11.6 Å². The van der Waals surface area contributed by atoms with Crippen LogP contribution in [-0.2, 0) is 7.05 Å². The van der Waals surface area contributed by atoms with Crippen LogP contribution >= 0.6 is 0 Å². The number of hydrogen-bond donors (Lipinski definition) is 2. The highest BCUT2D eigenvalue weighted by molar-refractivity contribution is 5.79. The first-order valence-electron chi connectivity index (χ1n) is 6.33. The molecule has 0 amide bonds. The molecule has 0 fully saturated rings. The van der Waals surface area contributed by atoms with E-state index in [1.165, 1.54) is 0 Å². The second-order valence-electron chi connectivity index (χ2n) is 4.82. The molecule has 0 saturated heterocycles. The molecule has 0 saturated carbocycles. The summed E-state index contributed by atoms with van der Waals surface area (Å²) in [5, 5.41) is 3.46. The van der Waals surface area contributed by atoms with Gasteiger partial charge >= 0.3 is 0 Å². The summed E-state index contributed by atoms with van der Waals surface area (Å²) in [6.07, 6.45) is 3.77. The SMILES string of the molecule is Cc1nc2ccc(NC(C)c3nccn3C)cc2[nH]1. The molecular weight excluding hydrogens is 238 g/mol. The molecule has 2 heterocycles. The summed E-state index contributed by atoms with van der Waals surface area (Å²) in [7, 11) is 2.00. The van der Waals surface area contributed by atoms with Crippen LogP contribution in [0.1, 0.15) is 24.6 Å². The lowest BCUT2D eigenvalue weighted by molar-refractivity contribution is 0.722. The van der Waals surface area contributed by atoms with Crippen molar-refractivity contribution in [3.8, 4) is 0 Å². The summed E-state index contributed by atoms with van der Waals surface area (Å²) < 4.78 is 2.02. The van der Waals surface area contributed by atoms with Crippen molar-refractivity contribution in [2.75, 3.05) is 5.32 Å². The van der Waals surface area contributed by atoms with Crippen molar-refractivity contribution in [3.63, 3.8) is 0 Å². The molecule has 1 aromatic carbocycles. The Balaban J connectivity index is 1.86. The highest BCUT2D eigenvalue weighted by Crippen LogP contribution is 2.21. The minimum absolute atomic E-state index is 0.154. The summed E-state index contributed by atoms with van der Waals surface area (Å²) >= 11 is 0. The van der Waals surface area contributed by atoms with Crippen LogP contribution in [-0.4, -0.2) is 19.5 Å². The molecule has 0 aliphatic rings. The van der Waals surface area contributed by atoms with E-state index in [4.69, 9.17) is 0 Å². The van der Waals surface area contributed by atoms with Gasteiger partial charge in [-0.05, 0) is 32.0 Å². The third-order valence-electron chi connectivity index (χ3n) is 3.23. The minimum atomic E-state index is 0.154. The lowest BCUT2D eigenvalue weighted by atomic mass is 10.2. The van der Waals surface area contributed by atoms with E-state index in [9.17, 15) is 0 Å². The fraction of sp³-hybridized carbons (Fsp3) is 0.286. The maximum absolute atomic E-state index is 4.40. The zero-order valence-electron chi connectivity index (χ0n) is 11.3. The van der Waals surface area contributed by atoms with Gasteiger partial charge in [0.15, 0.2) is 0 Å². The van der Waals surface area contributed by atoms with E-state index in [1.54, 1.807) is 0 Å². The summed E-state index contributed by atoms with van der Waals surface area (Å²) in [6.45, 7) is 4.06. The molecule has 19 heavy (non-hydrogen) atoms. The molecule has 2 N–H and O–H groups in total. The van der Waals surface area contributed by atoms with Crippen LogP contribution in [0, 0.1) is 6.92 Å². The Kier molecular flexibility index (Phi) is 2.74. The highest BCUT2D eigenvalue weighted by Gasteiger charge is 2.10. The van der Waals surface area contributed by atoms with E-state index in [2.05, 4.69) is 33.3 Å². The van der Waals surface area contributed by atoms with Crippen molar-refractivity contribution in [3.05, 3.63) is 42.2 Å². The zero-order valence-corrected chi connectivity index (χ0v) is 11.3. The molecule has 98 valence electrons. The fourth-order valence-electron chi connectivity index (χ4n) is 2.34. The van der Waals surface area contributed by atoms with Crippen molar-refractivity contribution < 1.29 is 0 Å². The van der Waals surface area contributed by atoms with E-state index in [1.807, 2.05) is 43.1 Å². The summed E-state index contributed by atoms with van der Waals surface area (Å²) in [4.78, 5) is 12.0. The van der Waals surface area contributed by atoms with Crippen LogP contribution in [0.4, 0.5) is 5.69 Å². The van der Waals surface area contributed by atoms with Crippen molar-refractivity contribution >= 4 is 16.7 Å². The molecule has 0 bridgehead atoms. The van der Waals surface area contributed by atoms with Gasteiger partial charge in [0.25, 0.3) is 0 Å². The third kappa shape index (κ3) is 2.19. The largest absolute Gasteiger partial charge is 0.375 e. The van der Waals surface area contributed by atoms with E-state index in [0.29, 0.717) is 0 Å². The van der Waals surface area contributed by atoms with Crippen LogP contribution < -0.4 is 5.32 Å². The summed E-state index contributed by atoms with van der Waals surface area (Å²) in [5.41, 5.74) is 3.11. The Hall–Kier alpha value is -2.30. The molecule has 0 spiro atoms. The maximum atomic E-state index is 4.40. The van der Waals surface area contributed by atoms with Gasteiger partial charge in [-0.1, -0.05) is 0 Å². The molecule has 0 aliphatic heterocycles. The van der Waals surface area contributed by atoms with Gasteiger partial charge < -0.3 is 14.9 Å². The molecule has 0 radical (unpaired) electrons. The normalized spacial score (nSPS) is 12.8. The Morgan fingerprint density at radius 2 is 2.21 bits per heavy atom. The molecule has 3 aromatic rings. The van der Waals surface area contributed by atoms with Gasteiger partial charge in [0, 0.05) is 25.1 Å². The van der Waals surface area contributed by atoms with E-state index < -0.39 is 0 Å². The number of rotatable bonds is 3. The van der Waals surface area contributed by atoms with Crippen LogP contribution in [0.15, 0.2) is 30.6 Å². The zero-order chi connectivity index (χ0) is 13.4. The fourth-order valence-corrected chi connectivity index (χ4v) is 2.34. The number of aromatic nitrogens is 4. The molecule has 5 heteroatoms. The standard InChI is InChI=1S/C14H17N5/c1-9(14-15-6-7-19(14)3)16-11-4-5-12-13(8-11)18-10(2)17-12/h4-9,16H,1-3H3,(H,17,18). The Labute approximate surface area is 111 Å². The van der Waals surface area contributed by atoms with Gasteiger partial charge in [-0.25, -0.2) is 9.97 Å². The third-order valence-corrected chi connectivity index (χ3v) is 3.23. The van der Waals surface area contributed by atoms with Crippen LogP contribution in [0.3, 0.4) is 0 Å². The Bertz CT molecular complexity index is 710. The van der Waals surface area contributed by atoms with Gasteiger partial charge in [0.2, 0.25) is 0 Å². The number of fused-ring (bicyclic) bond motifs is 1. The first-order chi connectivity index (χ1) is 9.13. The number of hydrogen-bond acceptors (Lipinski definition) is 3. The topological polar surface area (TPSA) is 58.5 Å². The molecule has 5 nitrogen and oxygen atoms in total. The number of aromatic amines is 1. The predicted molar refractivity (Wildman–Crippen MR) is 76.1 cm³/mol. The lowest BCUT2D eigenvalue weighted by Crippen LogP contribution is -2.11. The second-order valence-corrected chi connectivity index (χ2v) is 4.82. The molecule has 2 aromatic heterocycles. The first kappa shape index (κ1) is 11.8. The van der Waals surface area contributed by atoms with Crippen LogP contribution in [0.25, 0.3) is 11.0 Å². The average Bonchev–Trinajstić information content (AvgIpc) is 2.93. The number of anilines is 1. The van der Waals surface area contributed by atoms with Gasteiger partial charge in [-0.2, -0.15) is 0 Å². The van der Waals surface area contributed by atoms with Crippen LogP contribution in [0.5, 0.6) is 0 Å². The van der Waals surface area contributed by atoms with Crippen molar-refractivity contribution in [2.45, 2.75) is 19.9 Å². The monoisotopic (exact) mass is 255 g/mol. The van der Waals surface area contributed by atoms with E-state index >= 15 is 0 Å². The summed E-state index contributed by atoms with van der Waals surface area (Å²) in [5.74, 6) is 1.95. The second kappa shape index (κ2) is 4.42. The maximum Gasteiger partial charge on any atom is 0.130 e. The Morgan fingerprint density at radius 3 is 2.95 bits per heavy atom. The number of H-pyrrole nitrogens is 1. The minimum Gasteiger partial charge on any atom is -0.375 e. The number of aryl methyl sites for hydroxylation is 2. The smallest absolute Gasteiger partial charge is 0.130 e. The lowest BCUT2D eigenvalue weighted by Gasteiger charge is -2.15. The van der Waals surface area contributed by atoms with Crippen molar-refractivity contribution in [2.24, 2.45) is 7.05 Å². The van der Waals surface area contributed by atoms with Crippen LogP contribution in [0.2, 0.25) is 0 Å². The van der Waals surface area contributed by atoms with Crippen molar-refractivity contribution in [1.82, 2.24) is 19.5 Å². The van der Waals surface area contributed by atoms with E-state index in [0.717, 1.165) is 28.4 Å². The van der Waals surface area contributed by atoms with Gasteiger partial charge in [-0.3, -0.25) is 0 Å². The predicted octanol–water partition coefficient (Wildman–Crippen LogP) is 2.78. The van der Waals surface area contributed by atoms with E-state index in [-0.39, 0.29) is 6.04 Å². The average molecular weight is 255 g/mol. The number of nitrogens with zero attached hydrogens (tertiary/aromatic N) is 3. The molecule has 1 atom stereocenters. The summed E-state index contributed by atoms with van der Waals surface area (Å²) in [6, 6.07) is 6.30. The molecule has 0 aliphatic carbocycles. The highest BCUT2D eigenvalue weighted by atomic mass is 15.1. The quantitative estimate of drug-likeness (QED) is 0.756. The number of nitrogens with one attached hydrogen (secondary N) is 2. The molecular formula is C14H17N5. The number of imidazole rings is 2. The Morgan fingerprint density at radius 1 is 1.37 bits per heavy atom. The molecule has 3 rings (SSSR count). The van der Waals surface area contributed by atoms with Gasteiger partial charge in [-0.15, -0.1) is 0 Å². The van der Waals surface area contributed by atoms with Gasteiger partial charge in [0.05, 0.1) is 17.1 Å². The van der Waals surface area contributed by atoms with Crippen molar-refractivity contribution in [1.29, 1.82) is 0 Å². The molecule has 1 unspecified atom stereocenters. The first-order valence-corrected chi connectivity index (χ1v) is 6.33. The number of benzene rings is 1.